The number of nitrogens with two attached hydrogens (primary N) is 1. The minimum absolute atomic E-state index is 0.295. The Labute approximate surface area is 166 Å². The first kappa shape index (κ1) is 20.0. The lowest BCUT2D eigenvalue weighted by atomic mass is 9.85. The molecule has 0 saturated carbocycles. The second-order valence-corrected chi connectivity index (χ2v) is 7.94. The minimum atomic E-state index is -0.564. The summed E-state index contributed by atoms with van der Waals surface area (Å²) >= 11 is 0. The largest absolute Gasteiger partial charge is 0.369 e. The molecule has 2 heterocycles. The number of hydrazine groups is 1. The number of piperazine rings is 1. The number of anilines is 3. The van der Waals surface area contributed by atoms with Gasteiger partial charge in [0.25, 0.3) is 0 Å². The fraction of sp³-hybridized carbons (Fsp3) is 0.450. The predicted molar refractivity (Wildman–Crippen MR) is 111 cm³/mol. The number of primary amides is 1. The Morgan fingerprint density at radius 2 is 1.75 bits per heavy atom. The van der Waals surface area contributed by atoms with Gasteiger partial charge in [-0.15, -0.1) is 0 Å². The number of rotatable bonds is 7. The third-order valence-electron chi connectivity index (χ3n) is 4.98. The zero-order valence-electron chi connectivity index (χ0n) is 16.8. The molecular formula is C20H29N7O. The summed E-state index contributed by atoms with van der Waals surface area (Å²) in [5, 5.41) is 5.46. The van der Waals surface area contributed by atoms with E-state index in [2.05, 4.69) is 37.7 Å². The smallest absolute Gasteiger partial charge is 0.223 e. The molecule has 1 aliphatic heterocycles. The summed E-state index contributed by atoms with van der Waals surface area (Å²) < 4.78 is 0. The van der Waals surface area contributed by atoms with Crippen LogP contribution in [-0.4, -0.2) is 59.0 Å². The van der Waals surface area contributed by atoms with Gasteiger partial charge in [-0.1, -0.05) is 26.0 Å². The van der Waals surface area contributed by atoms with Crippen LogP contribution >= 0.6 is 0 Å². The van der Waals surface area contributed by atoms with Gasteiger partial charge in [0.2, 0.25) is 5.91 Å². The van der Waals surface area contributed by atoms with Gasteiger partial charge in [0, 0.05) is 43.3 Å². The average Bonchev–Trinajstić information content (AvgIpc) is 2.65. The first-order valence-corrected chi connectivity index (χ1v) is 9.50. The SMILES string of the molecule is CN1CCN(Nc2cc(Nc3ccc(CC(C)(C)C(N)=O)cc3)ncn2)CC1. The fourth-order valence-electron chi connectivity index (χ4n) is 3.02. The molecular weight excluding hydrogens is 354 g/mol. The van der Waals surface area contributed by atoms with Crippen molar-refractivity contribution in [2.75, 3.05) is 44.0 Å². The molecule has 150 valence electrons. The molecule has 1 amide bonds. The van der Waals surface area contributed by atoms with E-state index in [-0.39, 0.29) is 5.91 Å². The zero-order valence-corrected chi connectivity index (χ0v) is 16.8. The van der Waals surface area contributed by atoms with Crippen LogP contribution < -0.4 is 16.5 Å². The number of hydrogen-bond donors (Lipinski definition) is 3. The first-order chi connectivity index (χ1) is 13.3. The number of nitrogens with zero attached hydrogens (tertiary/aromatic N) is 4. The lowest BCUT2D eigenvalue weighted by molar-refractivity contribution is -0.125. The van der Waals surface area contributed by atoms with Crippen molar-refractivity contribution in [1.29, 1.82) is 0 Å². The van der Waals surface area contributed by atoms with Gasteiger partial charge in [-0.3, -0.25) is 4.79 Å². The van der Waals surface area contributed by atoms with Gasteiger partial charge in [-0.05, 0) is 31.2 Å². The Hall–Kier alpha value is -2.71. The van der Waals surface area contributed by atoms with Gasteiger partial charge in [0.1, 0.15) is 18.0 Å². The third kappa shape index (κ3) is 5.40. The summed E-state index contributed by atoms with van der Waals surface area (Å²) in [4.78, 5) is 22.4. The van der Waals surface area contributed by atoms with Crippen LogP contribution in [0.15, 0.2) is 36.7 Å². The number of likely N-dealkylation sites (N-methyl/N-ethyl adjacent to an activating group) is 1. The molecule has 28 heavy (non-hydrogen) atoms. The van der Waals surface area contributed by atoms with Gasteiger partial charge in [-0.25, -0.2) is 15.0 Å². The van der Waals surface area contributed by atoms with Crippen molar-refractivity contribution in [3.63, 3.8) is 0 Å². The highest BCUT2D eigenvalue weighted by Crippen LogP contribution is 2.23. The highest BCUT2D eigenvalue weighted by Gasteiger charge is 2.25. The molecule has 0 radical (unpaired) electrons. The van der Waals surface area contributed by atoms with Crippen LogP contribution in [0.5, 0.6) is 0 Å². The summed E-state index contributed by atoms with van der Waals surface area (Å²) in [6, 6.07) is 9.84. The van der Waals surface area contributed by atoms with Gasteiger partial charge in [-0.2, -0.15) is 0 Å². The molecule has 0 spiro atoms. The number of carbonyl (C=O) groups excluding carboxylic acids is 1. The molecule has 2 aromatic rings. The Balaban J connectivity index is 1.60. The van der Waals surface area contributed by atoms with Crippen molar-refractivity contribution in [3.8, 4) is 0 Å². The van der Waals surface area contributed by atoms with E-state index in [9.17, 15) is 4.79 Å². The highest BCUT2D eigenvalue weighted by molar-refractivity contribution is 5.80. The first-order valence-electron chi connectivity index (χ1n) is 9.50. The second kappa shape index (κ2) is 8.53. The highest BCUT2D eigenvalue weighted by atomic mass is 16.1. The Bertz CT molecular complexity index is 798. The average molecular weight is 384 g/mol. The van der Waals surface area contributed by atoms with Crippen molar-refractivity contribution in [2.45, 2.75) is 20.3 Å². The van der Waals surface area contributed by atoms with E-state index in [0.29, 0.717) is 6.42 Å². The molecule has 1 aromatic heterocycles. The Morgan fingerprint density at radius 3 is 2.39 bits per heavy atom. The number of hydrogen-bond acceptors (Lipinski definition) is 7. The summed E-state index contributed by atoms with van der Waals surface area (Å²) in [5.41, 5.74) is 10.2. The van der Waals surface area contributed by atoms with Crippen LogP contribution in [0, 0.1) is 5.41 Å². The lowest BCUT2D eigenvalue weighted by Crippen LogP contribution is -2.47. The van der Waals surface area contributed by atoms with E-state index >= 15 is 0 Å². The molecule has 1 aliphatic rings. The Kier molecular flexibility index (Phi) is 6.11. The molecule has 1 aromatic carbocycles. The number of aromatic nitrogens is 2. The second-order valence-electron chi connectivity index (χ2n) is 7.94. The quantitative estimate of drug-likeness (QED) is 0.671. The fourth-order valence-corrected chi connectivity index (χ4v) is 3.02. The summed E-state index contributed by atoms with van der Waals surface area (Å²) in [5.74, 6) is 1.19. The Morgan fingerprint density at radius 1 is 1.11 bits per heavy atom. The van der Waals surface area contributed by atoms with Crippen LogP contribution in [0.4, 0.5) is 17.3 Å². The molecule has 3 rings (SSSR count). The maximum absolute atomic E-state index is 11.5. The van der Waals surface area contributed by atoms with Gasteiger partial charge < -0.3 is 21.4 Å². The van der Waals surface area contributed by atoms with Crippen molar-refractivity contribution >= 4 is 23.2 Å². The molecule has 0 bridgehead atoms. The van der Waals surface area contributed by atoms with Gasteiger partial charge in [0.05, 0.1) is 0 Å². The van der Waals surface area contributed by atoms with E-state index < -0.39 is 5.41 Å². The number of amides is 1. The standard InChI is InChI=1S/C20H29N7O/c1-20(2,19(21)28)13-15-4-6-16(7-5-15)24-17-12-18(23-14-22-17)25-27-10-8-26(3)9-11-27/h4-7,12,14H,8-11,13H2,1-3H3,(H2,21,28)(H2,22,23,24,25). The molecule has 1 fully saturated rings. The molecule has 8 heteroatoms. The molecule has 0 aliphatic carbocycles. The maximum atomic E-state index is 11.5. The number of carbonyl (C=O) groups is 1. The molecule has 0 unspecified atom stereocenters. The zero-order chi connectivity index (χ0) is 20.1. The summed E-state index contributed by atoms with van der Waals surface area (Å²) in [6.45, 7) is 7.68. The maximum Gasteiger partial charge on any atom is 0.223 e. The number of nitrogens with one attached hydrogen (secondary N) is 2. The van der Waals surface area contributed by atoms with Gasteiger partial charge in [0.15, 0.2) is 0 Å². The van der Waals surface area contributed by atoms with Crippen LogP contribution in [0.2, 0.25) is 0 Å². The minimum Gasteiger partial charge on any atom is -0.369 e. The van der Waals surface area contributed by atoms with Crippen molar-refractivity contribution < 1.29 is 4.79 Å². The van der Waals surface area contributed by atoms with Crippen molar-refractivity contribution in [2.24, 2.45) is 11.1 Å². The number of benzene rings is 1. The molecule has 8 nitrogen and oxygen atoms in total. The predicted octanol–water partition coefficient (Wildman–Crippen LogP) is 1.85. The van der Waals surface area contributed by atoms with Gasteiger partial charge >= 0.3 is 0 Å². The van der Waals surface area contributed by atoms with E-state index in [1.807, 2.05) is 44.2 Å². The van der Waals surface area contributed by atoms with Crippen molar-refractivity contribution in [1.82, 2.24) is 19.9 Å². The van der Waals surface area contributed by atoms with E-state index in [1.165, 1.54) is 0 Å². The lowest BCUT2D eigenvalue weighted by Gasteiger charge is -2.32. The monoisotopic (exact) mass is 383 g/mol. The third-order valence-corrected chi connectivity index (χ3v) is 4.98. The van der Waals surface area contributed by atoms with E-state index in [0.717, 1.165) is 49.1 Å². The van der Waals surface area contributed by atoms with Crippen molar-refractivity contribution in [3.05, 3.63) is 42.2 Å². The molecule has 0 atom stereocenters. The summed E-state index contributed by atoms with van der Waals surface area (Å²) in [6.07, 6.45) is 2.15. The van der Waals surface area contributed by atoms with E-state index in [4.69, 9.17) is 5.73 Å². The van der Waals surface area contributed by atoms with Crippen LogP contribution in [0.1, 0.15) is 19.4 Å². The van der Waals surface area contributed by atoms with E-state index in [1.54, 1.807) is 6.33 Å². The normalized spacial score (nSPS) is 16.0. The van der Waals surface area contributed by atoms with Crippen LogP contribution in [0.3, 0.4) is 0 Å². The summed E-state index contributed by atoms with van der Waals surface area (Å²) in [7, 11) is 2.13. The molecule has 1 saturated heterocycles. The topological polar surface area (TPSA) is 99.4 Å². The molecule has 4 N–H and O–H groups in total. The van der Waals surface area contributed by atoms with Crippen LogP contribution in [-0.2, 0) is 11.2 Å². The van der Waals surface area contributed by atoms with Crippen LogP contribution in [0.25, 0.3) is 0 Å².